The van der Waals surface area contributed by atoms with Gasteiger partial charge in [-0.2, -0.15) is 0 Å². The Morgan fingerprint density at radius 1 is 1.35 bits per heavy atom. The molecule has 0 aromatic rings. The number of unbranched alkanes of at least 4 members (excludes halogenated alkanes) is 1. The van der Waals surface area contributed by atoms with Crippen LogP contribution in [-0.4, -0.2) is 38.1 Å². The monoisotopic (exact) mass is 241 g/mol. The summed E-state index contributed by atoms with van der Waals surface area (Å²) in [6, 6.07) is 0. The minimum absolute atomic E-state index is 0.256. The number of hydrogen-bond donors (Lipinski definition) is 0. The van der Waals surface area contributed by atoms with Gasteiger partial charge in [0, 0.05) is 12.1 Å². The third-order valence-electron chi connectivity index (χ3n) is 2.79. The molecule has 0 rings (SSSR count). The second-order valence-corrected chi connectivity index (χ2v) is 4.86. The van der Waals surface area contributed by atoms with E-state index in [1.165, 1.54) is 12.8 Å². The maximum absolute atomic E-state index is 11.6. The number of carbonyl (C=O) groups is 1. The molecule has 1 unspecified atom stereocenters. The summed E-state index contributed by atoms with van der Waals surface area (Å²) in [4.78, 5) is 13.5. The summed E-state index contributed by atoms with van der Waals surface area (Å²) in [5, 5.41) is 0. The highest BCUT2D eigenvalue weighted by atomic mass is 16.5. The Kier molecular flexibility index (Phi) is 8.78. The van der Waals surface area contributed by atoms with Crippen molar-refractivity contribution < 1.29 is 9.53 Å². The average Bonchev–Trinajstić information content (AvgIpc) is 2.28. The Morgan fingerprint density at radius 2 is 2.00 bits per heavy atom. The van der Waals surface area contributed by atoms with Crippen LogP contribution in [0.15, 0.2) is 12.2 Å². The van der Waals surface area contributed by atoms with Gasteiger partial charge in [-0.3, -0.25) is 0 Å². The van der Waals surface area contributed by atoms with Crippen LogP contribution in [0.25, 0.3) is 0 Å². The van der Waals surface area contributed by atoms with Crippen LogP contribution >= 0.6 is 0 Å². The molecule has 0 heterocycles. The zero-order valence-electron chi connectivity index (χ0n) is 11.8. The lowest BCUT2D eigenvalue weighted by atomic mass is 10.0. The average molecular weight is 241 g/mol. The summed E-state index contributed by atoms with van der Waals surface area (Å²) < 4.78 is 5.29. The molecule has 0 N–H and O–H groups in total. The molecule has 3 heteroatoms. The van der Waals surface area contributed by atoms with E-state index < -0.39 is 0 Å². The van der Waals surface area contributed by atoms with Gasteiger partial charge in [-0.25, -0.2) is 4.79 Å². The van der Waals surface area contributed by atoms with E-state index in [-0.39, 0.29) is 5.97 Å². The first kappa shape index (κ1) is 16.2. The number of hydrogen-bond acceptors (Lipinski definition) is 3. The Morgan fingerprint density at radius 3 is 2.47 bits per heavy atom. The zero-order valence-corrected chi connectivity index (χ0v) is 11.8. The van der Waals surface area contributed by atoms with E-state index in [0.29, 0.717) is 24.6 Å². The Bertz CT molecular complexity index is 236. The third kappa shape index (κ3) is 7.97. The van der Waals surface area contributed by atoms with Gasteiger partial charge in [-0.1, -0.05) is 39.7 Å². The van der Waals surface area contributed by atoms with Crippen molar-refractivity contribution in [3.05, 3.63) is 12.2 Å². The maximum Gasteiger partial charge on any atom is 0.334 e. The van der Waals surface area contributed by atoms with Crippen LogP contribution in [0.5, 0.6) is 0 Å². The molecular formula is C14H27NO2. The van der Waals surface area contributed by atoms with Crippen LogP contribution in [0.3, 0.4) is 0 Å². The minimum atomic E-state index is -0.256. The first-order chi connectivity index (χ1) is 8.01. The van der Waals surface area contributed by atoms with Crippen molar-refractivity contribution in [2.24, 2.45) is 5.92 Å². The van der Waals surface area contributed by atoms with Gasteiger partial charge < -0.3 is 9.64 Å². The highest BCUT2D eigenvalue weighted by Gasteiger charge is 2.13. The molecule has 0 aliphatic heterocycles. The number of rotatable bonds is 9. The maximum atomic E-state index is 11.6. The molecule has 0 aliphatic carbocycles. The van der Waals surface area contributed by atoms with Crippen LogP contribution < -0.4 is 0 Å². The normalized spacial score (nSPS) is 12.5. The smallest absolute Gasteiger partial charge is 0.334 e. The number of nitrogens with zero attached hydrogens (tertiary/aromatic N) is 1. The van der Waals surface area contributed by atoms with E-state index >= 15 is 0 Å². The number of carbonyl (C=O) groups excluding carboxylic acids is 1. The van der Waals surface area contributed by atoms with Crippen LogP contribution in [-0.2, 0) is 9.53 Å². The summed E-state index contributed by atoms with van der Waals surface area (Å²) in [5.41, 5.74) is 0.528. The quantitative estimate of drug-likeness (QED) is 0.459. The molecule has 0 radical (unpaired) electrons. The van der Waals surface area contributed by atoms with E-state index in [2.05, 4.69) is 20.4 Å². The summed E-state index contributed by atoms with van der Waals surface area (Å²) in [6.07, 6.45) is 4.60. The highest BCUT2D eigenvalue weighted by molar-refractivity contribution is 5.88. The fourth-order valence-electron chi connectivity index (χ4n) is 1.64. The molecule has 1 atom stereocenters. The second-order valence-electron chi connectivity index (χ2n) is 4.86. The third-order valence-corrected chi connectivity index (χ3v) is 2.79. The molecule has 0 fully saturated rings. The van der Waals surface area contributed by atoms with Gasteiger partial charge in [-0.15, -0.1) is 0 Å². The van der Waals surface area contributed by atoms with E-state index in [4.69, 9.17) is 4.74 Å². The lowest BCUT2D eigenvalue weighted by molar-refractivity contribution is -0.140. The molecule has 0 amide bonds. The van der Waals surface area contributed by atoms with Gasteiger partial charge in [0.25, 0.3) is 0 Å². The van der Waals surface area contributed by atoms with Crippen molar-refractivity contribution in [1.82, 2.24) is 4.90 Å². The van der Waals surface area contributed by atoms with Crippen molar-refractivity contribution in [3.8, 4) is 0 Å². The molecule has 0 saturated heterocycles. The van der Waals surface area contributed by atoms with Crippen LogP contribution in [0.2, 0.25) is 0 Å². The van der Waals surface area contributed by atoms with Gasteiger partial charge in [-0.05, 0) is 26.4 Å². The fraction of sp³-hybridized carbons (Fsp3) is 0.786. The molecule has 0 aromatic heterocycles. The molecule has 0 aromatic carbocycles. The highest BCUT2D eigenvalue weighted by Crippen LogP contribution is 2.13. The van der Waals surface area contributed by atoms with E-state index in [1.54, 1.807) is 0 Å². The Hall–Kier alpha value is -0.830. The number of likely N-dealkylation sites (N-methyl/N-ethyl adjacent to an activating group) is 1. The first-order valence-corrected chi connectivity index (χ1v) is 6.50. The van der Waals surface area contributed by atoms with Crippen molar-refractivity contribution in [3.63, 3.8) is 0 Å². The van der Waals surface area contributed by atoms with Crippen molar-refractivity contribution in [2.75, 3.05) is 27.2 Å². The predicted octanol–water partition coefficient (Wildman–Crippen LogP) is 2.86. The van der Waals surface area contributed by atoms with Gasteiger partial charge in [0.1, 0.15) is 0 Å². The molecule has 0 bridgehead atoms. The summed E-state index contributed by atoms with van der Waals surface area (Å²) in [7, 11) is 3.82. The van der Waals surface area contributed by atoms with Gasteiger partial charge >= 0.3 is 5.97 Å². The Balaban J connectivity index is 3.91. The molecule has 17 heavy (non-hydrogen) atoms. The second kappa shape index (κ2) is 9.23. The van der Waals surface area contributed by atoms with Gasteiger partial charge in [0.15, 0.2) is 0 Å². The molecule has 0 spiro atoms. The summed E-state index contributed by atoms with van der Waals surface area (Å²) in [5.74, 6) is 0.236. The molecule has 0 aliphatic rings. The van der Waals surface area contributed by atoms with Gasteiger partial charge in [0.2, 0.25) is 0 Å². The standard InChI is InChI=1S/C14H27NO2/c1-6-8-9-13(7-2)11-17-14(16)12(3)10-15(4)5/h13H,3,6-11H2,1-2,4-5H3. The zero-order chi connectivity index (χ0) is 13.3. The topological polar surface area (TPSA) is 29.5 Å². The van der Waals surface area contributed by atoms with E-state index in [9.17, 15) is 4.79 Å². The number of ether oxygens (including phenoxy) is 1. The summed E-state index contributed by atoms with van der Waals surface area (Å²) in [6.45, 7) is 9.15. The first-order valence-electron chi connectivity index (χ1n) is 6.50. The van der Waals surface area contributed by atoms with Crippen LogP contribution in [0.1, 0.15) is 39.5 Å². The largest absolute Gasteiger partial charge is 0.462 e. The molecular weight excluding hydrogens is 214 g/mol. The minimum Gasteiger partial charge on any atom is -0.462 e. The van der Waals surface area contributed by atoms with Crippen molar-refractivity contribution >= 4 is 5.97 Å². The van der Waals surface area contributed by atoms with E-state index in [1.807, 2.05) is 19.0 Å². The molecule has 100 valence electrons. The Labute approximate surface area is 106 Å². The van der Waals surface area contributed by atoms with Gasteiger partial charge in [0.05, 0.1) is 6.61 Å². The fourth-order valence-corrected chi connectivity index (χ4v) is 1.64. The van der Waals surface area contributed by atoms with Crippen molar-refractivity contribution in [2.45, 2.75) is 39.5 Å². The van der Waals surface area contributed by atoms with E-state index in [0.717, 1.165) is 12.8 Å². The summed E-state index contributed by atoms with van der Waals surface area (Å²) >= 11 is 0. The van der Waals surface area contributed by atoms with Crippen LogP contribution in [0, 0.1) is 5.92 Å². The van der Waals surface area contributed by atoms with Crippen molar-refractivity contribution in [1.29, 1.82) is 0 Å². The predicted molar refractivity (Wildman–Crippen MR) is 72.0 cm³/mol. The van der Waals surface area contributed by atoms with Crippen LogP contribution in [0.4, 0.5) is 0 Å². The molecule has 0 saturated carbocycles. The SMILES string of the molecule is C=C(CN(C)C)C(=O)OCC(CC)CCCC. The molecule has 3 nitrogen and oxygen atoms in total. The number of esters is 1. The lowest BCUT2D eigenvalue weighted by Gasteiger charge is -2.16. The lowest BCUT2D eigenvalue weighted by Crippen LogP contribution is -2.22.